The number of hydrogen-bond acceptors (Lipinski definition) is 7. The standard InChI is InChI=1S/C19H20N6O2/c1-2-16-23-18(24-27-16)15-10-21-12-22-17(15)14-6-4-8-25(11-14)19(26)13-5-3-7-20-9-13/h3,5,7,9-10,12,14H,2,4,6,8,11H2,1H3/t14-/m1/s1. The van der Waals surface area contributed by atoms with Crippen LogP contribution in [0, 0.1) is 0 Å². The first-order valence-corrected chi connectivity index (χ1v) is 9.08. The van der Waals surface area contributed by atoms with E-state index in [1.807, 2.05) is 11.8 Å². The highest BCUT2D eigenvalue weighted by molar-refractivity contribution is 5.94. The minimum atomic E-state index is -0.00348. The summed E-state index contributed by atoms with van der Waals surface area (Å²) in [6, 6.07) is 3.57. The van der Waals surface area contributed by atoms with E-state index in [-0.39, 0.29) is 11.8 Å². The molecule has 0 radical (unpaired) electrons. The monoisotopic (exact) mass is 364 g/mol. The Labute approximate surface area is 156 Å². The van der Waals surface area contributed by atoms with Gasteiger partial charge in [-0.1, -0.05) is 12.1 Å². The van der Waals surface area contributed by atoms with Crippen LogP contribution < -0.4 is 0 Å². The maximum absolute atomic E-state index is 12.8. The molecule has 3 aromatic rings. The molecule has 1 atom stereocenters. The first-order chi connectivity index (χ1) is 13.3. The molecule has 4 rings (SSSR count). The third-order valence-corrected chi connectivity index (χ3v) is 4.76. The summed E-state index contributed by atoms with van der Waals surface area (Å²) in [5.41, 5.74) is 2.23. The maximum Gasteiger partial charge on any atom is 0.255 e. The highest BCUT2D eigenvalue weighted by Gasteiger charge is 2.29. The fraction of sp³-hybridized carbons (Fsp3) is 0.368. The number of aryl methyl sites for hydroxylation is 1. The van der Waals surface area contributed by atoms with Crippen molar-refractivity contribution >= 4 is 5.91 Å². The molecule has 0 bridgehead atoms. The van der Waals surface area contributed by atoms with E-state index < -0.39 is 0 Å². The smallest absolute Gasteiger partial charge is 0.255 e. The summed E-state index contributed by atoms with van der Waals surface area (Å²) in [4.78, 5) is 31.7. The summed E-state index contributed by atoms with van der Waals surface area (Å²) in [6.07, 6.45) is 9.04. The fourth-order valence-corrected chi connectivity index (χ4v) is 3.40. The van der Waals surface area contributed by atoms with Gasteiger partial charge in [0.05, 0.1) is 16.8 Å². The Hall–Kier alpha value is -3.16. The zero-order chi connectivity index (χ0) is 18.6. The lowest BCUT2D eigenvalue weighted by Gasteiger charge is -2.33. The van der Waals surface area contributed by atoms with Crippen LogP contribution in [-0.2, 0) is 6.42 Å². The van der Waals surface area contributed by atoms with Gasteiger partial charge in [0.15, 0.2) is 0 Å². The number of amides is 1. The molecule has 138 valence electrons. The van der Waals surface area contributed by atoms with Crippen molar-refractivity contribution in [1.82, 2.24) is 30.0 Å². The van der Waals surface area contributed by atoms with Gasteiger partial charge in [-0.05, 0) is 25.0 Å². The third kappa shape index (κ3) is 3.55. The van der Waals surface area contributed by atoms with Gasteiger partial charge in [-0.15, -0.1) is 0 Å². The second-order valence-corrected chi connectivity index (χ2v) is 6.52. The lowest BCUT2D eigenvalue weighted by Crippen LogP contribution is -2.39. The molecule has 0 aliphatic carbocycles. The number of carbonyl (C=O) groups is 1. The van der Waals surface area contributed by atoms with Crippen molar-refractivity contribution in [3.05, 3.63) is 54.2 Å². The Morgan fingerprint density at radius 3 is 3.04 bits per heavy atom. The summed E-state index contributed by atoms with van der Waals surface area (Å²) < 4.78 is 5.24. The van der Waals surface area contributed by atoms with E-state index in [1.165, 1.54) is 6.33 Å². The highest BCUT2D eigenvalue weighted by atomic mass is 16.5. The molecule has 1 aliphatic heterocycles. The van der Waals surface area contributed by atoms with Crippen molar-refractivity contribution in [2.75, 3.05) is 13.1 Å². The van der Waals surface area contributed by atoms with Crippen LogP contribution in [0.4, 0.5) is 0 Å². The average Bonchev–Trinajstić information content (AvgIpc) is 3.23. The fourth-order valence-electron chi connectivity index (χ4n) is 3.40. The molecule has 1 fully saturated rings. The van der Waals surface area contributed by atoms with Crippen molar-refractivity contribution in [2.24, 2.45) is 0 Å². The van der Waals surface area contributed by atoms with Crippen LogP contribution in [0.1, 0.15) is 47.6 Å². The number of likely N-dealkylation sites (tertiary alicyclic amines) is 1. The first kappa shape index (κ1) is 17.3. The van der Waals surface area contributed by atoms with E-state index in [1.54, 1.807) is 30.7 Å². The van der Waals surface area contributed by atoms with E-state index in [0.29, 0.717) is 30.2 Å². The quantitative estimate of drug-likeness (QED) is 0.701. The molecule has 1 aliphatic rings. The van der Waals surface area contributed by atoms with Crippen LogP contribution in [0.5, 0.6) is 0 Å². The van der Waals surface area contributed by atoms with E-state index in [2.05, 4.69) is 25.1 Å². The van der Waals surface area contributed by atoms with Crippen LogP contribution in [0.3, 0.4) is 0 Å². The molecule has 1 amide bonds. The lowest BCUT2D eigenvalue weighted by atomic mass is 9.91. The summed E-state index contributed by atoms with van der Waals surface area (Å²) in [5, 5.41) is 4.06. The van der Waals surface area contributed by atoms with E-state index in [0.717, 1.165) is 30.6 Å². The second kappa shape index (κ2) is 7.61. The lowest BCUT2D eigenvalue weighted by molar-refractivity contribution is 0.0705. The number of rotatable bonds is 4. The Morgan fingerprint density at radius 1 is 1.33 bits per heavy atom. The number of piperidine rings is 1. The SMILES string of the molecule is CCc1nc(-c2cncnc2[C@@H]2CCCN(C(=O)c3cccnc3)C2)no1. The zero-order valence-corrected chi connectivity index (χ0v) is 15.1. The Balaban J connectivity index is 1.59. The van der Waals surface area contributed by atoms with E-state index in [4.69, 9.17) is 4.52 Å². The molecule has 3 aromatic heterocycles. The van der Waals surface area contributed by atoms with Gasteiger partial charge in [-0.25, -0.2) is 9.97 Å². The molecular formula is C19H20N6O2. The highest BCUT2D eigenvalue weighted by Crippen LogP contribution is 2.32. The first-order valence-electron chi connectivity index (χ1n) is 9.08. The molecule has 4 heterocycles. The molecule has 0 aromatic carbocycles. The van der Waals surface area contributed by atoms with Gasteiger partial charge in [0.25, 0.3) is 5.91 Å². The average molecular weight is 364 g/mol. The Kier molecular flexibility index (Phi) is 4.86. The van der Waals surface area contributed by atoms with Crippen molar-refractivity contribution in [1.29, 1.82) is 0 Å². The van der Waals surface area contributed by atoms with Crippen molar-refractivity contribution in [3.8, 4) is 11.4 Å². The van der Waals surface area contributed by atoms with Gasteiger partial charge in [0, 0.05) is 44.0 Å². The number of carbonyl (C=O) groups excluding carboxylic acids is 1. The van der Waals surface area contributed by atoms with Gasteiger partial charge in [0.1, 0.15) is 6.33 Å². The zero-order valence-electron chi connectivity index (χ0n) is 15.1. The van der Waals surface area contributed by atoms with Gasteiger partial charge < -0.3 is 9.42 Å². The van der Waals surface area contributed by atoms with E-state index >= 15 is 0 Å². The summed E-state index contributed by atoms with van der Waals surface area (Å²) >= 11 is 0. The molecule has 8 nitrogen and oxygen atoms in total. The van der Waals surface area contributed by atoms with Gasteiger partial charge >= 0.3 is 0 Å². The summed E-state index contributed by atoms with van der Waals surface area (Å²) in [7, 11) is 0. The minimum Gasteiger partial charge on any atom is -0.339 e. The third-order valence-electron chi connectivity index (χ3n) is 4.76. The van der Waals surface area contributed by atoms with Crippen LogP contribution in [0.25, 0.3) is 11.4 Å². The second-order valence-electron chi connectivity index (χ2n) is 6.52. The number of aromatic nitrogens is 5. The normalized spacial score (nSPS) is 17.1. The topological polar surface area (TPSA) is 97.9 Å². The largest absolute Gasteiger partial charge is 0.339 e. The van der Waals surface area contributed by atoms with Crippen molar-refractivity contribution in [2.45, 2.75) is 32.1 Å². The predicted molar refractivity (Wildman–Crippen MR) is 96.8 cm³/mol. The summed E-state index contributed by atoms with van der Waals surface area (Å²) in [6.45, 7) is 3.28. The molecule has 1 saturated heterocycles. The van der Waals surface area contributed by atoms with Gasteiger partial charge in [0.2, 0.25) is 11.7 Å². The minimum absolute atomic E-state index is 0.00348. The van der Waals surface area contributed by atoms with Crippen molar-refractivity contribution < 1.29 is 9.32 Å². The van der Waals surface area contributed by atoms with Crippen molar-refractivity contribution in [3.63, 3.8) is 0 Å². The van der Waals surface area contributed by atoms with Crippen LogP contribution in [-0.4, -0.2) is 49.0 Å². The molecule has 8 heteroatoms. The molecule has 0 unspecified atom stereocenters. The molecule has 0 saturated carbocycles. The number of hydrogen-bond donors (Lipinski definition) is 0. The van der Waals surface area contributed by atoms with Gasteiger partial charge in [-0.2, -0.15) is 4.98 Å². The maximum atomic E-state index is 12.8. The molecule has 27 heavy (non-hydrogen) atoms. The number of nitrogens with zero attached hydrogens (tertiary/aromatic N) is 6. The number of pyridine rings is 1. The van der Waals surface area contributed by atoms with Crippen LogP contribution >= 0.6 is 0 Å². The Morgan fingerprint density at radius 2 is 2.26 bits per heavy atom. The van der Waals surface area contributed by atoms with Gasteiger partial charge in [-0.3, -0.25) is 9.78 Å². The predicted octanol–water partition coefficient (Wildman–Crippen LogP) is 2.50. The summed E-state index contributed by atoms with van der Waals surface area (Å²) in [5.74, 6) is 1.17. The van der Waals surface area contributed by atoms with Crippen LogP contribution in [0.2, 0.25) is 0 Å². The molecule has 0 spiro atoms. The molecule has 0 N–H and O–H groups in total. The molecular weight excluding hydrogens is 344 g/mol. The Bertz CT molecular complexity index is 927. The van der Waals surface area contributed by atoms with E-state index in [9.17, 15) is 4.79 Å². The van der Waals surface area contributed by atoms with Crippen LogP contribution in [0.15, 0.2) is 41.6 Å².